The highest BCUT2D eigenvalue weighted by Gasteiger charge is 2.31. The van der Waals surface area contributed by atoms with E-state index in [9.17, 15) is 18.0 Å². The van der Waals surface area contributed by atoms with E-state index in [0.717, 1.165) is 6.42 Å². The molecule has 1 aliphatic heterocycles. The van der Waals surface area contributed by atoms with Gasteiger partial charge in [-0.15, -0.1) is 0 Å². The van der Waals surface area contributed by atoms with Gasteiger partial charge in [0.15, 0.2) is 0 Å². The standard InChI is InChI=1S/C16H23N3O4S/c1-11-6-12(2)10-19(9-11)24(22,23)14-5-3-4-13(7-14)16(21)18-8-15(17)20/h3-5,7,11-12H,6,8-10H2,1-2H3,(H2,17,20)(H,18,21)/t11-,12-/m1/s1. The van der Waals surface area contributed by atoms with E-state index in [2.05, 4.69) is 5.32 Å². The fourth-order valence-electron chi connectivity index (χ4n) is 3.02. The van der Waals surface area contributed by atoms with Crippen molar-refractivity contribution in [1.82, 2.24) is 9.62 Å². The quantitative estimate of drug-likeness (QED) is 0.806. The Kier molecular flexibility index (Phi) is 5.61. The molecule has 24 heavy (non-hydrogen) atoms. The largest absolute Gasteiger partial charge is 0.368 e. The van der Waals surface area contributed by atoms with E-state index in [4.69, 9.17) is 5.73 Å². The van der Waals surface area contributed by atoms with Gasteiger partial charge in [0.25, 0.3) is 5.91 Å². The van der Waals surface area contributed by atoms with Crippen molar-refractivity contribution < 1.29 is 18.0 Å². The van der Waals surface area contributed by atoms with Gasteiger partial charge in [-0.1, -0.05) is 19.9 Å². The lowest BCUT2D eigenvalue weighted by Gasteiger charge is -2.34. The predicted octanol–water partition coefficient (Wildman–Crippen LogP) is 0.568. The number of nitrogens with one attached hydrogen (secondary N) is 1. The van der Waals surface area contributed by atoms with Crippen LogP contribution in [0.4, 0.5) is 0 Å². The maximum atomic E-state index is 12.8. The summed E-state index contributed by atoms with van der Waals surface area (Å²) in [4.78, 5) is 22.8. The Hall–Kier alpha value is -1.93. The average molecular weight is 353 g/mol. The van der Waals surface area contributed by atoms with E-state index in [1.807, 2.05) is 13.8 Å². The first-order valence-electron chi connectivity index (χ1n) is 7.87. The number of amides is 2. The van der Waals surface area contributed by atoms with Crippen LogP contribution in [0.3, 0.4) is 0 Å². The monoisotopic (exact) mass is 353 g/mol. The van der Waals surface area contributed by atoms with Crippen LogP contribution >= 0.6 is 0 Å². The summed E-state index contributed by atoms with van der Waals surface area (Å²) >= 11 is 0. The van der Waals surface area contributed by atoms with E-state index in [0.29, 0.717) is 24.9 Å². The molecule has 1 aliphatic rings. The van der Waals surface area contributed by atoms with Gasteiger partial charge in [-0.2, -0.15) is 4.31 Å². The number of rotatable bonds is 5. The van der Waals surface area contributed by atoms with Crippen LogP contribution in [-0.2, 0) is 14.8 Å². The summed E-state index contributed by atoms with van der Waals surface area (Å²) in [7, 11) is -3.65. The molecule has 1 fully saturated rings. The first kappa shape index (κ1) is 18.4. The number of nitrogens with zero attached hydrogens (tertiary/aromatic N) is 1. The van der Waals surface area contributed by atoms with Crippen LogP contribution in [0.2, 0.25) is 0 Å². The lowest BCUT2D eigenvalue weighted by atomic mass is 9.94. The summed E-state index contributed by atoms with van der Waals surface area (Å²) in [6.07, 6.45) is 1.00. The van der Waals surface area contributed by atoms with Gasteiger partial charge in [0.2, 0.25) is 15.9 Å². The van der Waals surface area contributed by atoms with Crippen LogP contribution in [0.25, 0.3) is 0 Å². The number of sulfonamides is 1. The Morgan fingerprint density at radius 1 is 1.25 bits per heavy atom. The van der Waals surface area contributed by atoms with Crippen LogP contribution in [0.15, 0.2) is 29.2 Å². The van der Waals surface area contributed by atoms with Crippen molar-refractivity contribution in [2.45, 2.75) is 25.2 Å². The third-order valence-electron chi connectivity index (χ3n) is 3.99. The van der Waals surface area contributed by atoms with Gasteiger partial charge in [-0.05, 0) is 36.5 Å². The number of hydrogen-bond donors (Lipinski definition) is 2. The molecule has 0 saturated carbocycles. The highest BCUT2D eigenvalue weighted by molar-refractivity contribution is 7.89. The van der Waals surface area contributed by atoms with Crippen molar-refractivity contribution in [2.75, 3.05) is 19.6 Å². The van der Waals surface area contributed by atoms with Crippen molar-refractivity contribution in [3.63, 3.8) is 0 Å². The van der Waals surface area contributed by atoms with Gasteiger partial charge in [0.1, 0.15) is 0 Å². The summed E-state index contributed by atoms with van der Waals surface area (Å²) in [5, 5.41) is 2.35. The first-order valence-corrected chi connectivity index (χ1v) is 9.31. The zero-order valence-corrected chi connectivity index (χ0v) is 14.7. The van der Waals surface area contributed by atoms with Crippen molar-refractivity contribution in [3.8, 4) is 0 Å². The van der Waals surface area contributed by atoms with Crippen LogP contribution in [0, 0.1) is 11.8 Å². The molecule has 1 heterocycles. The minimum atomic E-state index is -3.65. The third kappa shape index (κ3) is 4.33. The summed E-state index contributed by atoms with van der Waals surface area (Å²) in [5.74, 6) is -0.606. The molecule has 3 N–H and O–H groups in total. The molecule has 7 nitrogen and oxygen atoms in total. The number of carbonyl (C=O) groups excluding carboxylic acids is 2. The maximum Gasteiger partial charge on any atom is 0.251 e. The van der Waals surface area contributed by atoms with E-state index < -0.39 is 21.8 Å². The minimum Gasteiger partial charge on any atom is -0.368 e. The van der Waals surface area contributed by atoms with Gasteiger partial charge in [-0.25, -0.2) is 8.42 Å². The molecule has 1 saturated heterocycles. The van der Waals surface area contributed by atoms with Crippen LogP contribution < -0.4 is 11.1 Å². The molecule has 2 atom stereocenters. The Morgan fingerprint density at radius 3 is 2.46 bits per heavy atom. The molecule has 0 unspecified atom stereocenters. The van der Waals surface area contributed by atoms with E-state index in [1.165, 1.54) is 28.6 Å². The summed E-state index contributed by atoms with van der Waals surface area (Å²) in [6, 6.07) is 5.82. The molecule has 0 spiro atoms. The molecular formula is C16H23N3O4S. The number of hydrogen-bond acceptors (Lipinski definition) is 4. The van der Waals surface area contributed by atoms with E-state index in [1.54, 1.807) is 0 Å². The van der Waals surface area contributed by atoms with Gasteiger partial charge < -0.3 is 11.1 Å². The second-order valence-electron chi connectivity index (χ2n) is 6.44. The zero-order chi connectivity index (χ0) is 17.9. The molecule has 2 amide bonds. The SMILES string of the molecule is C[C@@H]1C[C@@H](C)CN(S(=O)(=O)c2cccc(C(=O)NCC(N)=O)c2)C1. The predicted molar refractivity (Wildman–Crippen MR) is 89.7 cm³/mol. The van der Waals surface area contributed by atoms with Crippen LogP contribution in [-0.4, -0.2) is 44.2 Å². The minimum absolute atomic E-state index is 0.0792. The fraction of sp³-hybridized carbons (Fsp3) is 0.500. The van der Waals surface area contributed by atoms with Gasteiger partial charge in [-0.3, -0.25) is 9.59 Å². The van der Waals surface area contributed by atoms with Crippen molar-refractivity contribution in [3.05, 3.63) is 29.8 Å². The molecule has 1 aromatic carbocycles. The van der Waals surface area contributed by atoms with Crippen molar-refractivity contribution >= 4 is 21.8 Å². The topological polar surface area (TPSA) is 110 Å². The normalized spacial score (nSPS) is 22.1. The summed E-state index contributed by atoms with van der Waals surface area (Å²) in [6.45, 7) is 4.73. The fourth-order valence-corrected chi connectivity index (χ4v) is 4.74. The summed E-state index contributed by atoms with van der Waals surface area (Å²) in [5.41, 5.74) is 5.16. The Bertz CT molecular complexity index is 723. The van der Waals surface area contributed by atoms with Crippen molar-refractivity contribution in [1.29, 1.82) is 0 Å². The lowest BCUT2D eigenvalue weighted by Crippen LogP contribution is -2.42. The number of nitrogens with two attached hydrogens (primary N) is 1. The average Bonchev–Trinajstić information content (AvgIpc) is 2.51. The molecule has 0 aromatic heterocycles. The zero-order valence-electron chi connectivity index (χ0n) is 13.9. The van der Waals surface area contributed by atoms with Crippen LogP contribution in [0.1, 0.15) is 30.6 Å². The second-order valence-corrected chi connectivity index (χ2v) is 8.38. The molecule has 8 heteroatoms. The first-order chi connectivity index (χ1) is 11.2. The van der Waals surface area contributed by atoms with Gasteiger partial charge >= 0.3 is 0 Å². The third-order valence-corrected chi connectivity index (χ3v) is 5.82. The highest BCUT2D eigenvalue weighted by atomic mass is 32.2. The number of primary amides is 1. The highest BCUT2D eigenvalue weighted by Crippen LogP contribution is 2.26. The summed E-state index contributed by atoms with van der Waals surface area (Å²) < 4.78 is 27.2. The Labute approximate surface area is 142 Å². The smallest absolute Gasteiger partial charge is 0.251 e. The van der Waals surface area contributed by atoms with Gasteiger partial charge in [0.05, 0.1) is 11.4 Å². The van der Waals surface area contributed by atoms with E-state index >= 15 is 0 Å². The van der Waals surface area contributed by atoms with Gasteiger partial charge in [0, 0.05) is 18.7 Å². The Morgan fingerprint density at radius 2 is 1.88 bits per heavy atom. The number of piperidine rings is 1. The molecule has 0 bridgehead atoms. The number of carbonyl (C=O) groups is 2. The lowest BCUT2D eigenvalue weighted by molar-refractivity contribution is -0.117. The Balaban J connectivity index is 2.23. The molecule has 0 aliphatic carbocycles. The molecular weight excluding hydrogens is 330 g/mol. The number of benzene rings is 1. The molecule has 1 aromatic rings. The second kappa shape index (κ2) is 7.31. The molecule has 2 rings (SSSR count). The van der Waals surface area contributed by atoms with Crippen LogP contribution in [0.5, 0.6) is 0 Å². The molecule has 132 valence electrons. The van der Waals surface area contributed by atoms with E-state index in [-0.39, 0.29) is 17.0 Å². The van der Waals surface area contributed by atoms with Crippen molar-refractivity contribution in [2.24, 2.45) is 17.6 Å². The molecule has 0 radical (unpaired) electrons. The maximum absolute atomic E-state index is 12.8.